The molecule has 13 heavy (non-hydrogen) atoms. The Morgan fingerprint density at radius 3 is 2.92 bits per heavy atom. The second kappa shape index (κ2) is 3.31. The normalized spacial score (nSPS) is 10.9. The van der Waals surface area contributed by atoms with Gasteiger partial charge in [-0.3, -0.25) is 0 Å². The van der Waals surface area contributed by atoms with E-state index in [1.807, 2.05) is 6.07 Å². The van der Waals surface area contributed by atoms with E-state index in [9.17, 15) is 5.11 Å². The van der Waals surface area contributed by atoms with Crippen LogP contribution in [0.25, 0.3) is 10.1 Å². The number of hydrogen-bond donors (Lipinski definition) is 1. The molecular weight excluding hydrogens is 248 g/mol. The number of aryl methyl sites for hydroxylation is 1. The van der Waals surface area contributed by atoms with E-state index >= 15 is 0 Å². The molecule has 1 heterocycles. The molecule has 3 heteroatoms. The molecule has 0 saturated carbocycles. The van der Waals surface area contributed by atoms with E-state index in [1.54, 1.807) is 17.4 Å². The van der Waals surface area contributed by atoms with E-state index < -0.39 is 0 Å². The van der Waals surface area contributed by atoms with Crippen LogP contribution in [0.4, 0.5) is 0 Å². The summed E-state index contributed by atoms with van der Waals surface area (Å²) in [6.45, 7) is 2.09. The minimum Gasteiger partial charge on any atom is -0.508 e. The zero-order valence-electron chi connectivity index (χ0n) is 7.17. The fourth-order valence-corrected chi connectivity index (χ4v) is 3.25. The average Bonchev–Trinajstić information content (AvgIpc) is 2.48. The molecule has 0 aliphatic carbocycles. The lowest BCUT2D eigenvalue weighted by atomic mass is 10.1. The molecule has 0 fully saturated rings. The van der Waals surface area contributed by atoms with Gasteiger partial charge in [-0.1, -0.05) is 15.9 Å². The predicted molar refractivity (Wildman–Crippen MR) is 60.9 cm³/mol. The molecule has 2 rings (SSSR count). The summed E-state index contributed by atoms with van der Waals surface area (Å²) in [7, 11) is 0. The predicted octanol–water partition coefficient (Wildman–Crippen LogP) is 3.81. The van der Waals surface area contributed by atoms with Crippen molar-refractivity contribution in [3.05, 3.63) is 28.6 Å². The van der Waals surface area contributed by atoms with Crippen LogP contribution in [0.15, 0.2) is 17.5 Å². The molecule has 68 valence electrons. The van der Waals surface area contributed by atoms with Crippen LogP contribution in [0.1, 0.15) is 11.1 Å². The highest BCUT2D eigenvalue weighted by molar-refractivity contribution is 9.08. The van der Waals surface area contributed by atoms with Gasteiger partial charge in [-0.15, -0.1) is 11.3 Å². The first-order valence-corrected chi connectivity index (χ1v) is 5.98. The van der Waals surface area contributed by atoms with Gasteiger partial charge in [0, 0.05) is 15.6 Å². The van der Waals surface area contributed by atoms with Crippen LogP contribution in [-0.4, -0.2) is 5.11 Å². The van der Waals surface area contributed by atoms with Crippen LogP contribution in [-0.2, 0) is 5.33 Å². The SMILES string of the molecule is Cc1csc2c(CBr)c(O)ccc12. The van der Waals surface area contributed by atoms with Gasteiger partial charge in [0.1, 0.15) is 5.75 Å². The van der Waals surface area contributed by atoms with Crippen LogP contribution in [0.2, 0.25) is 0 Å². The van der Waals surface area contributed by atoms with Crippen molar-refractivity contribution in [3.8, 4) is 5.75 Å². The number of phenolic OH excluding ortho intramolecular Hbond substituents is 1. The molecule has 0 radical (unpaired) electrons. The highest BCUT2D eigenvalue weighted by Crippen LogP contribution is 2.34. The molecule has 1 nitrogen and oxygen atoms in total. The standard InChI is InChI=1S/C10H9BrOS/c1-6-5-13-10-7(6)2-3-9(12)8(10)4-11/h2-3,5,12H,4H2,1H3. The Morgan fingerprint density at radius 2 is 2.23 bits per heavy atom. The molecule has 1 aromatic carbocycles. The topological polar surface area (TPSA) is 20.2 Å². The van der Waals surface area contributed by atoms with Crippen molar-refractivity contribution in [3.63, 3.8) is 0 Å². The second-order valence-electron chi connectivity index (χ2n) is 2.99. The first-order valence-electron chi connectivity index (χ1n) is 3.98. The van der Waals surface area contributed by atoms with E-state index in [1.165, 1.54) is 15.6 Å². The number of rotatable bonds is 1. The first kappa shape index (κ1) is 9.03. The summed E-state index contributed by atoms with van der Waals surface area (Å²) in [4.78, 5) is 0. The quantitative estimate of drug-likeness (QED) is 0.770. The number of alkyl halides is 1. The third-order valence-corrected chi connectivity index (χ3v) is 3.88. The van der Waals surface area contributed by atoms with Crippen molar-refractivity contribution in [2.45, 2.75) is 12.3 Å². The van der Waals surface area contributed by atoms with Crippen molar-refractivity contribution in [2.75, 3.05) is 0 Å². The summed E-state index contributed by atoms with van der Waals surface area (Å²) in [6, 6.07) is 3.74. The minimum atomic E-state index is 0.381. The van der Waals surface area contributed by atoms with Gasteiger partial charge in [-0.05, 0) is 35.4 Å². The van der Waals surface area contributed by atoms with E-state index in [0.29, 0.717) is 11.1 Å². The Bertz CT molecular complexity index is 447. The molecule has 2 aromatic rings. The van der Waals surface area contributed by atoms with Gasteiger partial charge >= 0.3 is 0 Å². The Labute approximate surface area is 89.1 Å². The molecule has 0 spiro atoms. The first-order chi connectivity index (χ1) is 6.24. The lowest BCUT2D eigenvalue weighted by molar-refractivity contribution is 0.472. The lowest BCUT2D eigenvalue weighted by Gasteiger charge is -2.01. The van der Waals surface area contributed by atoms with Crippen LogP contribution in [0, 0.1) is 6.92 Å². The van der Waals surface area contributed by atoms with Crippen molar-refractivity contribution >= 4 is 37.4 Å². The molecule has 0 bridgehead atoms. The Balaban J connectivity index is 2.85. The molecule has 1 aromatic heterocycles. The van der Waals surface area contributed by atoms with Gasteiger partial charge in [0.2, 0.25) is 0 Å². The van der Waals surface area contributed by atoms with E-state index in [0.717, 1.165) is 5.56 Å². The molecule has 1 N–H and O–H groups in total. The highest BCUT2D eigenvalue weighted by Gasteiger charge is 2.08. The van der Waals surface area contributed by atoms with E-state index in [-0.39, 0.29) is 0 Å². The monoisotopic (exact) mass is 256 g/mol. The number of phenols is 1. The van der Waals surface area contributed by atoms with Crippen molar-refractivity contribution < 1.29 is 5.11 Å². The van der Waals surface area contributed by atoms with Gasteiger partial charge < -0.3 is 5.11 Å². The molecule has 0 aliphatic rings. The van der Waals surface area contributed by atoms with Crippen molar-refractivity contribution in [2.24, 2.45) is 0 Å². The molecule has 0 amide bonds. The molecule has 0 saturated heterocycles. The van der Waals surface area contributed by atoms with E-state index in [4.69, 9.17) is 0 Å². The van der Waals surface area contributed by atoms with Gasteiger partial charge in [0.15, 0.2) is 0 Å². The van der Waals surface area contributed by atoms with Crippen LogP contribution in [0.3, 0.4) is 0 Å². The highest BCUT2D eigenvalue weighted by atomic mass is 79.9. The van der Waals surface area contributed by atoms with Gasteiger partial charge in [-0.25, -0.2) is 0 Å². The number of fused-ring (bicyclic) bond motifs is 1. The summed E-state index contributed by atoms with van der Waals surface area (Å²) < 4.78 is 1.19. The maximum absolute atomic E-state index is 9.59. The van der Waals surface area contributed by atoms with Crippen LogP contribution < -0.4 is 0 Å². The van der Waals surface area contributed by atoms with Gasteiger partial charge in [-0.2, -0.15) is 0 Å². The van der Waals surface area contributed by atoms with E-state index in [2.05, 4.69) is 28.2 Å². The zero-order valence-corrected chi connectivity index (χ0v) is 9.58. The van der Waals surface area contributed by atoms with Crippen molar-refractivity contribution in [1.29, 1.82) is 0 Å². The smallest absolute Gasteiger partial charge is 0.121 e. The minimum absolute atomic E-state index is 0.381. The number of thiophene rings is 1. The Morgan fingerprint density at radius 1 is 1.46 bits per heavy atom. The average molecular weight is 257 g/mol. The summed E-state index contributed by atoms with van der Waals surface area (Å²) >= 11 is 5.07. The molecular formula is C10H9BrOS. The summed E-state index contributed by atoms with van der Waals surface area (Å²) in [6.07, 6.45) is 0. The molecule has 0 aliphatic heterocycles. The summed E-state index contributed by atoms with van der Waals surface area (Å²) in [5.41, 5.74) is 2.28. The summed E-state index contributed by atoms with van der Waals surface area (Å²) in [5.74, 6) is 0.381. The Hall–Kier alpha value is -0.540. The maximum atomic E-state index is 9.59. The summed E-state index contributed by atoms with van der Waals surface area (Å²) in [5, 5.41) is 13.7. The zero-order chi connectivity index (χ0) is 9.42. The van der Waals surface area contributed by atoms with Crippen LogP contribution >= 0.6 is 27.3 Å². The number of halogens is 1. The third-order valence-electron chi connectivity index (χ3n) is 2.15. The molecule has 0 unspecified atom stereocenters. The maximum Gasteiger partial charge on any atom is 0.121 e. The fourth-order valence-electron chi connectivity index (χ4n) is 1.40. The lowest BCUT2D eigenvalue weighted by Crippen LogP contribution is -1.79. The largest absolute Gasteiger partial charge is 0.508 e. The second-order valence-corrected chi connectivity index (χ2v) is 4.43. The van der Waals surface area contributed by atoms with Gasteiger partial charge in [0.05, 0.1) is 0 Å². The number of benzene rings is 1. The van der Waals surface area contributed by atoms with Gasteiger partial charge in [0.25, 0.3) is 0 Å². The fraction of sp³-hybridized carbons (Fsp3) is 0.200. The Kier molecular flexibility index (Phi) is 2.30. The van der Waals surface area contributed by atoms with Crippen LogP contribution in [0.5, 0.6) is 5.75 Å². The third kappa shape index (κ3) is 1.36. The van der Waals surface area contributed by atoms with Crippen molar-refractivity contribution in [1.82, 2.24) is 0 Å². The molecule has 0 atom stereocenters. The number of hydrogen-bond acceptors (Lipinski definition) is 2. The number of aromatic hydroxyl groups is 1.